The number of sulfone groups is 1. The average Bonchev–Trinajstić information content (AvgIpc) is 2.38. The number of amides is 1. The molecule has 1 aliphatic rings. The van der Waals surface area contributed by atoms with Crippen LogP contribution in [0.4, 0.5) is 0 Å². The van der Waals surface area contributed by atoms with Crippen molar-refractivity contribution in [2.75, 3.05) is 6.26 Å². The monoisotopic (exact) mass is 305 g/mol. The standard InChI is InChI=1S/C12H23N3O4S/c1-8-4-6-12(7-5-8,11(13)15-17)14-10(16)9(2)20(3,18)19/h8-9,17H,4-7H2,1-3H3,(H2,13,15)(H,14,16). The number of nitrogens with one attached hydrogen (secondary N) is 1. The number of carbonyl (C=O) groups excluding carboxylic acids is 1. The van der Waals surface area contributed by atoms with E-state index < -0.39 is 26.5 Å². The van der Waals surface area contributed by atoms with Gasteiger partial charge in [-0.25, -0.2) is 8.42 Å². The maximum absolute atomic E-state index is 12.1. The van der Waals surface area contributed by atoms with E-state index in [4.69, 9.17) is 10.9 Å². The van der Waals surface area contributed by atoms with E-state index in [9.17, 15) is 13.2 Å². The van der Waals surface area contributed by atoms with E-state index in [2.05, 4.69) is 17.4 Å². The lowest BCUT2D eigenvalue weighted by Gasteiger charge is -2.39. The molecule has 1 saturated carbocycles. The molecule has 0 heterocycles. The van der Waals surface area contributed by atoms with Crippen LogP contribution in [0.5, 0.6) is 0 Å². The second-order valence-electron chi connectivity index (χ2n) is 5.71. The van der Waals surface area contributed by atoms with E-state index in [0.717, 1.165) is 19.1 Å². The van der Waals surface area contributed by atoms with Crippen molar-refractivity contribution in [2.45, 2.75) is 50.3 Å². The molecule has 0 aromatic heterocycles. The number of oxime groups is 1. The summed E-state index contributed by atoms with van der Waals surface area (Å²) in [6.45, 7) is 3.42. The highest BCUT2D eigenvalue weighted by molar-refractivity contribution is 7.92. The van der Waals surface area contributed by atoms with Crippen LogP contribution in [0.15, 0.2) is 5.16 Å². The zero-order chi connectivity index (χ0) is 15.6. The summed E-state index contributed by atoms with van der Waals surface area (Å²) >= 11 is 0. The highest BCUT2D eigenvalue weighted by Gasteiger charge is 2.41. The third-order valence-corrected chi connectivity index (χ3v) is 5.60. The van der Waals surface area contributed by atoms with Crippen molar-refractivity contribution in [3.05, 3.63) is 0 Å². The molecule has 0 spiro atoms. The minimum Gasteiger partial charge on any atom is -0.409 e. The highest BCUT2D eigenvalue weighted by atomic mass is 32.2. The van der Waals surface area contributed by atoms with Crippen LogP contribution in [0.1, 0.15) is 39.5 Å². The topological polar surface area (TPSA) is 122 Å². The first-order valence-electron chi connectivity index (χ1n) is 6.61. The first-order chi connectivity index (χ1) is 9.12. The van der Waals surface area contributed by atoms with Crippen molar-refractivity contribution in [1.82, 2.24) is 5.32 Å². The van der Waals surface area contributed by atoms with Gasteiger partial charge in [0.15, 0.2) is 15.7 Å². The summed E-state index contributed by atoms with van der Waals surface area (Å²) in [5.74, 6) is -0.189. The molecule has 0 aromatic carbocycles. The molecule has 1 atom stereocenters. The molecular weight excluding hydrogens is 282 g/mol. The van der Waals surface area contributed by atoms with Gasteiger partial charge in [0.05, 0.1) is 0 Å². The zero-order valence-corrected chi connectivity index (χ0v) is 12.9. The van der Waals surface area contributed by atoms with E-state index in [0.29, 0.717) is 18.8 Å². The van der Waals surface area contributed by atoms with Crippen LogP contribution in [0, 0.1) is 5.92 Å². The Morgan fingerprint density at radius 1 is 1.45 bits per heavy atom. The van der Waals surface area contributed by atoms with Gasteiger partial charge < -0.3 is 16.3 Å². The molecular formula is C12H23N3O4S. The van der Waals surface area contributed by atoms with Crippen LogP contribution < -0.4 is 11.1 Å². The lowest BCUT2D eigenvalue weighted by atomic mass is 9.76. The highest BCUT2D eigenvalue weighted by Crippen LogP contribution is 2.32. The van der Waals surface area contributed by atoms with Gasteiger partial charge in [0, 0.05) is 6.26 Å². The van der Waals surface area contributed by atoms with E-state index >= 15 is 0 Å². The predicted molar refractivity (Wildman–Crippen MR) is 76.2 cm³/mol. The fraction of sp³-hybridized carbons (Fsp3) is 0.833. The van der Waals surface area contributed by atoms with Gasteiger partial charge in [-0.2, -0.15) is 0 Å². The van der Waals surface area contributed by atoms with E-state index in [1.54, 1.807) is 0 Å². The number of rotatable bonds is 4. The Bertz CT molecular complexity index is 493. The molecule has 0 saturated heterocycles. The Kier molecular flexibility index (Phi) is 5.01. The molecule has 0 bridgehead atoms. The van der Waals surface area contributed by atoms with Gasteiger partial charge in [-0.05, 0) is 38.5 Å². The summed E-state index contributed by atoms with van der Waals surface area (Å²) < 4.78 is 22.9. The Hall–Kier alpha value is -1.31. The molecule has 7 nitrogen and oxygen atoms in total. The molecule has 20 heavy (non-hydrogen) atoms. The maximum Gasteiger partial charge on any atom is 0.238 e. The number of hydrogen-bond acceptors (Lipinski definition) is 5. The summed E-state index contributed by atoms with van der Waals surface area (Å²) in [6.07, 6.45) is 3.72. The molecule has 1 amide bonds. The Labute approximate surface area is 119 Å². The number of nitrogens with zero attached hydrogens (tertiary/aromatic N) is 1. The van der Waals surface area contributed by atoms with Crippen molar-refractivity contribution in [1.29, 1.82) is 0 Å². The van der Waals surface area contributed by atoms with Crippen molar-refractivity contribution in [3.8, 4) is 0 Å². The minimum absolute atomic E-state index is 0.0709. The second kappa shape index (κ2) is 5.99. The smallest absolute Gasteiger partial charge is 0.238 e. The van der Waals surface area contributed by atoms with Gasteiger partial charge in [-0.15, -0.1) is 0 Å². The van der Waals surface area contributed by atoms with Crippen LogP contribution >= 0.6 is 0 Å². The Morgan fingerprint density at radius 2 is 1.95 bits per heavy atom. The molecule has 1 unspecified atom stereocenters. The molecule has 0 aliphatic heterocycles. The van der Waals surface area contributed by atoms with Crippen LogP contribution in [0.2, 0.25) is 0 Å². The first kappa shape index (κ1) is 16.7. The fourth-order valence-electron chi connectivity index (χ4n) is 2.33. The second-order valence-corrected chi connectivity index (χ2v) is 8.08. The summed E-state index contributed by atoms with van der Waals surface area (Å²) in [5, 5.41) is 13.5. The SMILES string of the molecule is CC1CCC(NC(=O)C(C)S(C)(=O)=O)(C(N)=NO)CC1. The number of hydrogen-bond donors (Lipinski definition) is 3. The largest absolute Gasteiger partial charge is 0.409 e. The lowest BCUT2D eigenvalue weighted by Crippen LogP contribution is -2.61. The predicted octanol–water partition coefficient (Wildman–Crippen LogP) is 0.231. The van der Waals surface area contributed by atoms with E-state index in [1.807, 2.05) is 0 Å². The molecule has 8 heteroatoms. The quantitative estimate of drug-likeness (QED) is 0.297. The van der Waals surface area contributed by atoms with Crippen LogP contribution in [0.25, 0.3) is 0 Å². The summed E-state index contributed by atoms with van der Waals surface area (Å²) in [7, 11) is -3.48. The molecule has 116 valence electrons. The van der Waals surface area contributed by atoms with Gasteiger partial charge in [-0.1, -0.05) is 12.1 Å². The number of carbonyl (C=O) groups is 1. The Balaban J connectivity index is 2.95. The van der Waals surface area contributed by atoms with E-state index in [-0.39, 0.29) is 5.84 Å². The molecule has 4 N–H and O–H groups in total. The molecule has 1 fully saturated rings. The fourth-order valence-corrected chi connectivity index (χ4v) is 2.78. The van der Waals surface area contributed by atoms with Gasteiger partial charge >= 0.3 is 0 Å². The first-order valence-corrected chi connectivity index (χ1v) is 8.57. The van der Waals surface area contributed by atoms with Crippen molar-refractivity contribution in [3.63, 3.8) is 0 Å². The van der Waals surface area contributed by atoms with Gasteiger partial charge in [0.2, 0.25) is 5.91 Å². The summed E-state index contributed by atoms with van der Waals surface area (Å²) in [4.78, 5) is 12.1. The summed E-state index contributed by atoms with van der Waals surface area (Å²) in [6, 6.07) is 0. The van der Waals surface area contributed by atoms with Gasteiger partial charge in [-0.3, -0.25) is 4.79 Å². The summed E-state index contributed by atoms with van der Waals surface area (Å²) in [5.41, 5.74) is 4.77. The van der Waals surface area contributed by atoms with Gasteiger partial charge in [0.25, 0.3) is 0 Å². The third kappa shape index (κ3) is 3.62. The van der Waals surface area contributed by atoms with Crippen LogP contribution in [0.3, 0.4) is 0 Å². The lowest BCUT2D eigenvalue weighted by molar-refractivity contribution is -0.122. The molecule has 0 aromatic rings. The van der Waals surface area contributed by atoms with Crippen LogP contribution in [-0.4, -0.2) is 42.4 Å². The zero-order valence-electron chi connectivity index (χ0n) is 12.1. The number of amidine groups is 1. The van der Waals surface area contributed by atoms with Crippen LogP contribution in [-0.2, 0) is 14.6 Å². The number of nitrogens with two attached hydrogens (primary N) is 1. The van der Waals surface area contributed by atoms with Crippen molar-refractivity contribution >= 4 is 21.6 Å². The average molecular weight is 305 g/mol. The Morgan fingerprint density at radius 3 is 2.35 bits per heavy atom. The minimum atomic E-state index is -3.48. The molecule has 1 aliphatic carbocycles. The normalized spacial score (nSPS) is 29.8. The molecule has 0 radical (unpaired) electrons. The van der Waals surface area contributed by atoms with E-state index in [1.165, 1.54) is 6.92 Å². The molecule has 1 rings (SSSR count). The van der Waals surface area contributed by atoms with Crippen molar-refractivity contribution < 1.29 is 18.4 Å². The maximum atomic E-state index is 12.1. The van der Waals surface area contributed by atoms with Gasteiger partial charge in [0.1, 0.15) is 10.8 Å². The third-order valence-electron chi connectivity index (χ3n) is 4.10. The van der Waals surface area contributed by atoms with Crippen molar-refractivity contribution in [2.24, 2.45) is 16.8 Å².